The lowest BCUT2D eigenvalue weighted by Crippen LogP contribution is -2.46. The van der Waals surface area contributed by atoms with Crippen LogP contribution in [-0.4, -0.2) is 52.6 Å². The molecule has 70 valence electrons. The van der Waals surface area contributed by atoms with Gasteiger partial charge < -0.3 is 24.8 Å². The van der Waals surface area contributed by atoms with Gasteiger partial charge in [-0.15, -0.1) is 0 Å². The molecule has 5 atom stereocenters. The van der Waals surface area contributed by atoms with E-state index in [1.165, 1.54) is 0 Å². The summed E-state index contributed by atoms with van der Waals surface area (Å²) in [6.07, 6.45) is -3.02. The Bertz CT molecular complexity index is 169. The summed E-state index contributed by atoms with van der Waals surface area (Å²) in [5.74, 6) is 0. The zero-order valence-corrected chi connectivity index (χ0v) is 6.46. The molecule has 5 nitrogen and oxygen atoms in total. The van der Waals surface area contributed by atoms with E-state index in [0.29, 0.717) is 0 Å². The molecular weight excluding hydrogens is 164 g/mol. The van der Waals surface area contributed by atoms with Crippen molar-refractivity contribution in [1.29, 1.82) is 0 Å². The van der Waals surface area contributed by atoms with E-state index in [4.69, 9.17) is 14.6 Å². The van der Waals surface area contributed by atoms with Gasteiger partial charge >= 0.3 is 0 Å². The molecule has 5 heteroatoms. The summed E-state index contributed by atoms with van der Waals surface area (Å²) >= 11 is 0. The standard InChI is InChI=1S/C7H12O5/c8-2-4-7-6(10)3(9)1-5(11-4)12-7/h3-10H,1-2H2. The van der Waals surface area contributed by atoms with Crippen LogP contribution in [-0.2, 0) is 9.47 Å². The van der Waals surface area contributed by atoms with Crippen LogP contribution >= 0.6 is 0 Å². The maximum Gasteiger partial charge on any atom is 0.161 e. The molecule has 0 aromatic carbocycles. The van der Waals surface area contributed by atoms with Crippen molar-refractivity contribution >= 4 is 0 Å². The molecule has 2 rings (SSSR count). The van der Waals surface area contributed by atoms with Gasteiger partial charge in [0, 0.05) is 6.42 Å². The number of aliphatic hydroxyl groups is 3. The molecule has 0 amide bonds. The number of aliphatic hydroxyl groups excluding tert-OH is 3. The lowest BCUT2D eigenvalue weighted by molar-refractivity contribution is -0.165. The molecule has 2 saturated heterocycles. The van der Waals surface area contributed by atoms with E-state index in [0.717, 1.165) is 0 Å². The van der Waals surface area contributed by atoms with Gasteiger partial charge in [-0.1, -0.05) is 0 Å². The van der Waals surface area contributed by atoms with E-state index < -0.39 is 30.7 Å². The van der Waals surface area contributed by atoms with Gasteiger partial charge in [0.15, 0.2) is 6.29 Å². The molecule has 0 aliphatic carbocycles. The van der Waals surface area contributed by atoms with Crippen molar-refractivity contribution in [2.45, 2.75) is 37.1 Å². The molecule has 0 spiro atoms. The van der Waals surface area contributed by atoms with Crippen molar-refractivity contribution < 1.29 is 24.8 Å². The Morgan fingerprint density at radius 2 is 2.00 bits per heavy atom. The molecule has 0 aromatic rings. The molecule has 2 bridgehead atoms. The van der Waals surface area contributed by atoms with Crippen molar-refractivity contribution in [2.24, 2.45) is 0 Å². The number of ether oxygens (including phenoxy) is 2. The van der Waals surface area contributed by atoms with Gasteiger partial charge in [0.1, 0.15) is 18.3 Å². The fourth-order valence-electron chi connectivity index (χ4n) is 1.68. The average Bonchev–Trinajstić information content (AvgIpc) is 2.41. The zero-order valence-electron chi connectivity index (χ0n) is 6.46. The van der Waals surface area contributed by atoms with Gasteiger partial charge in [0.05, 0.1) is 12.7 Å². The zero-order chi connectivity index (χ0) is 8.72. The van der Waals surface area contributed by atoms with E-state index in [2.05, 4.69) is 0 Å². The Balaban J connectivity index is 2.10. The van der Waals surface area contributed by atoms with Crippen LogP contribution in [0.4, 0.5) is 0 Å². The number of hydrogen-bond acceptors (Lipinski definition) is 5. The van der Waals surface area contributed by atoms with Crippen LogP contribution in [0.3, 0.4) is 0 Å². The van der Waals surface area contributed by atoms with E-state index in [9.17, 15) is 10.2 Å². The SMILES string of the molecule is OCC1OC2CC(O)C(O)C1O2. The first-order valence-electron chi connectivity index (χ1n) is 4.00. The molecule has 3 N–H and O–H groups in total. The minimum Gasteiger partial charge on any atom is -0.394 e. The van der Waals surface area contributed by atoms with Crippen molar-refractivity contribution in [3.05, 3.63) is 0 Å². The van der Waals surface area contributed by atoms with Crippen molar-refractivity contribution in [1.82, 2.24) is 0 Å². The molecular formula is C7H12O5. The molecule has 5 unspecified atom stereocenters. The van der Waals surface area contributed by atoms with Gasteiger partial charge in [-0.3, -0.25) is 0 Å². The van der Waals surface area contributed by atoms with Crippen LogP contribution in [0.15, 0.2) is 0 Å². The van der Waals surface area contributed by atoms with Crippen molar-refractivity contribution in [3.63, 3.8) is 0 Å². The highest BCUT2D eigenvalue weighted by atomic mass is 16.7. The second-order valence-electron chi connectivity index (χ2n) is 3.18. The Morgan fingerprint density at radius 3 is 2.67 bits per heavy atom. The first-order valence-corrected chi connectivity index (χ1v) is 4.00. The average molecular weight is 176 g/mol. The lowest BCUT2D eigenvalue weighted by Gasteiger charge is -2.28. The molecule has 0 aromatic heterocycles. The Labute approximate surface area is 69.5 Å². The third-order valence-electron chi connectivity index (χ3n) is 2.35. The van der Waals surface area contributed by atoms with Gasteiger partial charge in [-0.2, -0.15) is 0 Å². The highest BCUT2D eigenvalue weighted by molar-refractivity contribution is 4.92. The minimum absolute atomic E-state index is 0.190. The largest absolute Gasteiger partial charge is 0.394 e. The highest BCUT2D eigenvalue weighted by Crippen LogP contribution is 2.31. The summed E-state index contributed by atoms with van der Waals surface area (Å²) in [6.45, 7) is -0.190. The Hall–Kier alpha value is -0.200. The lowest BCUT2D eigenvalue weighted by atomic mass is 10.0. The van der Waals surface area contributed by atoms with Crippen molar-refractivity contribution in [2.75, 3.05) is 6.61 Å². The van der Waals surface area contributed by atoms with Crippen LogP contribution in [0.5, 0.6) is 0 Å². The molecule has 0 radical (unpaired) electrons. The summed E-state index contributed by atoms with van der Waals surface area (Å²) in [7, 11) is 0. The maximum absolute atomic E-state index is 9.40. The monoisotopic (exact) mass is 176 g/mol. The normalized spacial score (nSPS) is 52.8. The third kappa shape index (κ3) is 1.14. The molecule has 2 aliphatic rings. The van der Waals surface area contributed by atoms with Crippen LogP contribution < -0.4 is 0 Å². The first kappa shape index (κ1) is 8.40. The maximum atomic E-state index is 9.40. The van der Waals surface area contributed by atoms with E-state index in [-0.39, 0.29) is 13.0 Å². The molecule has 12 heavy (non-hydrogen) atoms. The minimum atomic E-state index is -0.944. The fourth-order valence-corrected chi connectivity index (χ4v) is 1.68. The van der Waals surface area contributed by atoms with E-state index >= 15 is 0 Å². The van der Waals surface area contributed by atoms with Gasteiger partial charge in [0.25, 0.3) is 0 Å². The third-order valence-corrected chi connectivity index (χ3v) is 2.35. The quantitative estimate of drug-likeness (QED) is 0.440. The number of fused-ring (bicyclic) bond motifs is 2. The second-order valence-corrected chi connectivity index (χ2v) is 3.18. The summed E-state index contributed by atoms with van der Waals surface area (Å²) in [5, 5.41) is 27.5. The second kappa shape index (κ2) is 2.93. The topological polar surface area (TPSA) is 79.2 Å². The Kier molecular flexibility index (Phi) is 2.05. The molecule has 2 heterocycles. The smallest absolute Gasteiger partial charge is 0.161 e. The van der Waals surface area contributed by atoms with E-state index in [1.54, 1.807) is 0 Å². The summed E-state index contributed by atoms with van der Waals surface area (Å²) < 4.78 is 10.4. The summed E-state index contributed by atoms with van der Waals surface area (Å²) in [6, 6.07) is 0. The van der Waals surface area contributed by atoms with Crippen LogP contribution in [0, 0.1) is 0 Å². The van der Waals surface area contributed by atoms with Gasteiger partial charge in [-0.25, -0.2) is 0 Å². The molecule has 0 saturated carbocycles. The molecule has 2 aliphatic heterocycles. The van der Waals surface area contributed by atoms with E-state index in [1.807, 2.05) is 0 Å². The van der Waals surface area contributed by atoms with Crippen LogP contribution in [0.2, 0.25) is 0 Å². The van der Waals surface area contributed by atoms with Crippen LogP contribution in [0.25, 0.3) is 0 Å². The summed E-state index contributed by atoms with van der Waals surface area (Å²) in [5.41, 5.74) is 0. The van der Waals surface area contributed by atoms with Crippen LogP contribution in [0.1, 0.15) is 6.42 Å². The Morgan fingerprint density at radius 1 is 1.25 bits per heavy atom. The van der Waals surface area contributed by atoms with Gasteiger partial charge in [0.2, 0.25) is 0 Å². The predicted octanol–water partition coefficient (Wildman–Crippen LogP) is -1.79. The predicted molar refractivity (Wildman–Crippen MR) is 37.3 cm³/mol. The van der Waals surface area contributed by atoms with Crippen molar-refractivity contribution in [3.8, 4) is 0 Å². The number of hydrogen-bond donors (Lipinski definition) is 3. The number of rotatable bonds is 1. The fraction of sp³-hybridized carbons (Fsp3) is 1.00. The van der Waals surface area contributed by atoms with Gasteiger partial charge in [-0.05, 0) is 0 Å². The molecule has 2 fully saturated rings. The highest BCUT2D eigenvalue weighted by Gasteiger charge is 2.48. The summed E-state index contributed by atoms with van der Waals surface area (Å²) in [4.78, 5) is 0. The first-order chi connectivity index (χ1) is 5.72.